The summed E-state index contributed by atoms with van der Waals surface area (Å²) in [5.74, 6) is 2.18. The minimum absolute atomic E-state index is 0.00245. The number of amides is 1. The first-order chi connectivity index (χ1) is 15.0. The maximum atomic E-state index is 12.4. The van der Waals surface area contributed by atoms with E-state index in [9.17, 15) is 4.79 Å². The lowest BCUT2D eigenvalue weighted by Crippen LogP contribution is -2.37. The molecule has 3 rings (SSSR count). The summed E-state index contributed by atoms with van der Waals surface area (Å²) in [5, 5.41) is 12.6. The topological polar surface area (TPSA) is 69.0 Å². The van der Waals surface area contributed by atoms with Gasteiger partial charge in [-0.1, -0.05) is 68.1 Å². The van der Waals surface area contributed by atoms with Crippen molar-refractivity contribution in [3.63, 3.8) is 0 Å². The van der Waals surface area contributed by atoms with E-state index in [1.807, 2.05) is 49.4 Å². The third-order valence-electron chi connectivity index (χ3n) is 5.25. The second kappa shape index (κ2) is 11.0. The summed E-state index contributed by atoms with van der Waals surface area (Å²) in [7, 11) is 1.65. The zero-order chi connectivity index (χ0) is 22.2. The molecule has 164 valence electrons. The number of nitrogens with zero attached hydrogens (tertiary/aromatic N) is 3. The first-order valence-corrected chi connectivity index (χ1v) is 11.5. The van der Waals surface area contributed by atoms with Gasteiger partial charge in [0.15, 0.2) is 11.0 Å². The van der Waals surface area contributed by atoms with Gasteiger partial charge < -0.3 is 14.6 Å². The quantitative estimate of drug-likeness (QED) is 0.474. The van der Waals surface area contributed by atoms with Gasteiger partial charge in [0.25, 0.3) is 0 Å². The fourth-order valence-corrected chi connectivity index (χ4v) is 3.88. The minimum Gasteiger partial charge on any atom is -0.496 e. The molecular formula is C24H30N4O2S. The fraction of sp³-hybridized carbons (Fsp3) is 0.375. The molecule has 0 fully saturated rings. The van der Waals surface area contributed by atoms with Crippen molar-refractivity contribution in [1.82, 2.24) is 20.1 Å². The highest BCUT2D eigenvalue weighted by Crippen LogP contribution is 2.31. The van der Waals surface area contributed by atoms with E-state index in [-0.39, 0.29) is 11.9 Å². The van der Waals surface area contributed by atoms with Crippen LogP contribution in [0, 0.1) is 5.92 Å². The summed E-state index contributed by atoms with van der Waals surface area (Å²) in [4.78, 5) is 12.4. The van der Waals surface area contributed by atoms with Crippen LogP contribution in [0.5, 0.6) is 5.75 Å². The van der Waals surface area contributed by atoms with Crippen LogP contribution in [0.25, 0.3) is 11.4 Å². The van der Waals surface area contributed by atoms with Gasteiger partial charge in [-0.05, 0) is 37.0 Å². The molecule has 1 unspecified atom stereocenters. The van der Waals surface area contributed by atoms with Crippen LogP contribution in [0.15, 0.2) is 59.8 Å². The highest BCUT2D eigenvalue weighted by molar-refractivity contribution is 7.99. The molecule has 1 atom stereocenters. The van der Waals surface area contributed by atoms with Crippen molar-refractivity contribution >= 4 is 17.7 Å². The molecule has 1 N–H and O–H groups in total. The zero-order valence-electron chi connectivity index (χ0n) is 18.5. The van der Waals surface area contributed by atoms with Gasteiger partial charge in [-0.25, -0.2) is 0 Å². The summed E-state index contributed by atoms with van der Waals surface area (Å²) in [5.41, 5.74) is 2.12. The molecule has 0 bridgehead atoms. The van der Waals surface area contributed by atoms with E-state index in [1.54, 1.807) is 7.11 Å². The number of carbonyl (C=O) groups is 1. The van der Waals surface area contributed by atoms with Crippen LogP contribution < -0.4 is 10.1 Å². The Morgan fingerprint density at radius 2 is 1.77 bits per heavy atom. The number of thioether (sulfide) groups is 1. The van der Waals surface area contributed by atoms with Crippen molar-refractivity contribution in [2.75, 3.05) is 12.9 Å². The predicted molar refractivity (Wildman–Crippen MR) is 125 cm³/mol. The molecule has 6 nitrogen and oxygen atoms in total. The van der Waals surface area contributed by atoms with Gasteiger partial charge in [0.05, 0.1) is 18.4 Å². The summed E-state index contributed by atoms with van der Waals surface area (Å²) in [6.07, 6.45) is 0.838. The molecule has 1 aromatic heterocycles. The lowest BCUT2D eigenvalue weighted by atomic mass is 10.1. The average Bonchev–Trinajstić information content (AvgIpc) is 3.19. The normalized spacial score (nSPS) is 12.0. The van der Waals surface area contributed by atoms with Crippen LogP contribution >= 0.6 is 11.8 Å². The highest BCUT2D eigenvalue weighted by atomic mass is 32.2. The Hall–Kier alpha value is -2.80. The third kappa shape index (κ3) is 6.10. The molecule has 0 aliphatic carbocycles. The molecule has 0 spiro atoms. The van der Waals surface area contributed by atoms with E-state index in [0.29, 0.717) is 18.2 Å². The Kier molecular flexibility index (Phi) is 8.12. The minimum atomic E-state index is 0.00245. The lowest BCUT2D eigenvalue weighted by molar-refractivity contribution is -0.119. The molecule has 1 amide bonds. The standard InChI is InChI=1S/C24H30N4O2S/c1-17(2)18(3)25-22(29)16-31-24-27-26-23(20-12-8-9-13-21(20)30-4)28(24)15-14-19-10-6-5-7-11-19/h5-13,17-18H,14-16H2,1-4H3,(H,25,29). The van der Waals surface area contributed by atoms with E-state index in [0.717, 1.165) is 28.7 Å². The van der Waals surface area contributed by atoms with E-state index < -0.39 is 0 Å². The molecule has 0 saturated heterocycles. The van der Waals surface area contributed by atoms with Gasteiger partial charge in [0, 0.05) is 12.6 Å². The monoisotopic (exact) mass is 438 g/mol. The summed E-state index contributed by atoms with van der Waals surface area (Å²) >= 11 is 1.41. The lowest BCUT2D eigenvalue weighted by Gasteiger charge is -2.17. The number of para-hydroxylation sites is 1. The Morgan fingerprint density at radius 1 is 1.06 bits per heavy atom. The van der Waals surface area contributed by atoms with Crippen LogP contribution in [-0.4, -0.2) is 39.6 Å². The largest absolute Gasteiger partial charge is 0.496 e. The molecule has 0 aliphatic rings. The van der Waals surface area contributed by atoms with Crippen LogP contribution in [0.1, 0.15) is 26.3 Å². The molecule has 0 aliphatic heterocycles. The summed E-state index contributed by atoms with van der Waals surface area (Å²) in [6, 6.07) is 18.2. The van der Waals surface area contributed by atoms with Crippen molar-refractivity contribution in [3.8, 4) is 17.1 Å². The number of ether oxygens (including phenoxy) is 1. The number of benzene rings is 2. The Balaban J connectivity index is 1.83. The van der Waals surface area contributed by atoms with Crippen LogP contribution in [0.3, 0.4) is 0 Å². The van der Waals surface area contributed by atoms with Crippen LogP contribution in [0.4, 0.5) is 0 Å². The van der Waals surface area contributed by atoms with Gasteiger partial charge in [-0.15, -0.1) is 10.2 Å². The van der Waals surface area contributed by atoms with Gasteiger partial charge in [0.2, 0.25) is 5.91 Å². The number of methoxy groups -OCH3 is 1. The molecule has 3 aromatic rings. The van der Waals surface area contributed by atoms with Crippen molar-refractivity contribution in [2.45, 2.75) is 44.9 Å². The molecule has 1 heterocycles. The molecular weight excluding hydrogens is 408 g/mol. The van der Waals surface area contributed by atoms with Gasteiger partial charge in [-0.2, -0.15) is 0 Å². The Morgan fingerprint density at radius 3 is 2.48 bits per heavy atom. The molecule has 7 heteroatoms. The number of carbonyl (C=O) groups excluding carboxylic acids is 1. The number of nitrogens with one attached hydrogen (secondary N) is 1. The summed E-state index contributed by atoms with van der Waals surface area (Å²) in [6.45, 7) is 6.92. The number of aryl methyl sites for hydroxylation is 1. The second-order valence-corrected chi connectivity index (χ2v) is 8.73. The van der Waals surface area contributed by atoms with E-state index in [2.05, 4.69) is 46.1 Å². The Bertz CT molecular complexity index is 988. The van der Waals surface area contributed by atoms with E-state index in [1.165, 1.54) is 17.3 Å². The number of aromatic nitrogens is 3. The Labute approximate surface area is 188 Å². The smallest absolute Gasteiger partial charge is 0.230 e. The van der Waals surface area contributed by atoms with Crippen molar-refractivity contribution in [3.05, 3.63) is 60.2 Å². The predicted octanol–water partition coefficient (Wildman–Crippen LogP) is 4.45. The van der Waals surface area contributed by atoms with E-state index >= 15 is 0 Å². The van der Waals surface area contributed by atoms with Crippen molar-refractivity contribution < 1.29 is 9.53 Å². The molecule has 2 aromatic carbocycles. The highest BCUT2D eigenvalue weighted by Gasteiger charge is 2.19. The fourth-order valence-electron chi connectivity index (χ4n) is 3.10. The molecule has 0 saturated carbocycles. The number of hydrogen-bond donors (Lipinski definition) is 1. The number of rotatable bonds is 10. The van der Waals surface area contributed by atoms with E-state index in [4.69, 9.17) is 4.74 Å². The molecule has 0 radical (unpaired) electrons. The summed E-state index contributed by atoms with van der Waals surface area (Å²) < 4.78 is 7.62. The number of hydrogen-bond acceptors (Lipinski definition) is 5. The maximum Gasteiger partial charge on any atom is 0.230 e. The zero-order valence-corrected chi connectivity index (χ0v) is 19.4. The van der Waals surface area contributed by atoms with Gasteiger partial charge in [0.1, 0.15) is 5.75 Å². The maximum absolute atomic E-state index is 12.4. The van der Waals surface area contributed by atoms with Crippen LogP contribution in [-0.2, 0) is 17.8 Å². The molecule has 31 heavy (non-hydrogen) atoms. The SMILES string of the molecule is COc1ccccc1-c1nnc(SCC(=O)NC(C)C(C)C)n1CCc1ccccc1. The second-order valence-electron chi connectivity index (χ2n) is 7.78. The van der Waals surface area contributed by atoms with Gasteiger partial charge in [-0.3, -0.25) is 4.79 Å². The first kappa shape index (κ1) is 22.9. The van der Waals surface area contributed by atoms with Gasteiger partial charge >= 0.3 is 0 Å². The van der Waals surface area contributed by atoms with Crippen LogP contribution in [0.2, 0.25) is 0 Å². The van der Waals surface area contributed by atoms with Crippen molar-refractivity contribution in [2.24, 2.45) is 5.92 Å². The first-order valence-electron chi connectivity index (χ1n) is 10.5. The average molecular weight is 439 g/mol. The van der Waals surface area contributed by atoms with Crippen molar-refractivity contribution in [1.29, 1.82) is 0 Å². The third-order valence-corrected chi connectivity index (χ3v) is 6.22.